The van der Waals surface area contributed by atoms with Crippen molar-refractivity contribution in [3.8, 4) is 0 Å². The van der Waals surface area contributed by atoms with Gasteiger partial charge in [0.25, 0.3) is 5.91 Å². The molecule has 1 saturated heterocycles. The molecule has 1 unspecified atom stereocenters. The largest absolute Gasteiger partial charge is 0.373 e. The molecular formula is C12H16ClN3OS. The zero-order valence-electron chi connectivity index (χ0n) is 10.4. The van der Waals surface area contributed by atoms with Gasteiger partial charge in [-0.2, -0.15) is 11.8 Å². The maximum Gasteiger partial charge on any atom is 0.255 e. The fraction of sp³-hybridized carbons (Fsp3) is 0.500. The molecule has 98 valence electrons. The fourth-order valence-electron chi connectivity index (χ4n) is 1.91. The van der Waals surface area contributed by atoms with Crippen LogP contribution in [0, 0.1) is 0 Å². The lowest BCUT2D eigenvalue weighted by atomic mass is 10.2. The molecule has 18 heavy (non-hydrogen) atoms. The van der Waals surface area contributed by atoms with Crippen molar-refractivity contribution in [2.45, 2.75) is 12.2 Å². The maximum atomic E-state index is 12.4. The van der Waals surface area contributed by atoms with E-state index in [1.807, 2.05) is 16.7 Å². The van der Waals surface area contributed by atoms with Gasteiger partial charge in [0.15, 0.2) is 0 Å². The minimum atomic E-state index is -0.00829. The van der Waals surface area contributed by atoms with E-state index in [4.69, 9.17) is 11.6 Å². The van der Waals surface area contributed by atoms with Crippen molar-refractivity contribution in [1.29, 1.82) is 0 Å². The van der Waals surface area contributed by atoms with Gasteiger partial charge in [0.2, 0.25) is 0 Å². The van der Waals surface area contributed by atoms with Crippen molar-refractivity contribution < 1.29 is 4.79 Å². The van der Waals surface area contributed by atoms with Crippen LogP contribution in [0.3, 0.4) is 0 Å². The number of halogens is 1. The molecule has 1 fully saturated rings. The number of nitrogens with one attached hydrogen (secondary N) is 1. The summed E-state index contributed by atoms with van der Waals surface area (Å²) in [5, 5.41) is 3.80. The van der Waals surface area contributed by atoms with E-state index < -0.39 is 0 Å². The van der Waals surface area contributed by atoms with Crippen molar-refractivity contribution in [3.63, 3.8) is 0 Å². The van der Waals surface area contributed by atoms with Gasteiger partial charge >= 0.3 is 0 Å². The summed E-state index contributed by atoms with van der Waals surface area (Å²) in [5.74, 6) is 1.63. The van der Waals surface area contributed by atoms with Crippen molar-refractivity contribution in [1.82, 2.24) is 9.88 Å². The molecule has 0 radical (unpaired) electrons. The highest BCUT2D eigenvalue weighted by molar-refractivity contribution is 7.99. The van der Waals surface area contributed by atoms with Gasteiger partial charge in [0.05, 0.1) is 10.6 Å². The van der Waals surface area contributed by atoms with Gasteiger partial charge in [0.1, 0.15) is 5.82 Å². The van der Waals surface area contributed by atoms with Crippen LogP contribution in [0.25, 0.3) is 0 Å². The van der Waals surface area contributed by atoms with Crippen LogP contribution in [0.4, 0.5) is 5.82 Å². The van der Waals surface area contributed by atoms with E-state index in [-0.39, 0.29) is 5.91 Å². The highest BCUT2D eigenvalue weighted by Gasteiger charge is 2.24. The van der Waals surface area contributed by atoms with Gasteiger partial charge in [-0.05, 0) is 6.07 Å². The fourth-order valence-corrected chi connectivity index (χ4v) is 3.11. The Kier molecular flexibility index (Phi) is 4.35. The number of carbonyl (C=O) groups excluding carboxylic acids is 1. The standard InChI is InChI=1S/C12H16ClN3OS/c1-8-7-16(3-4-18-8)12(17)9-5-11(14-2)15-6-10(9)13/h5-6,8H,3-4,7H2,1-2H3,(H,14,15). The predicted molar refractivity (Wildman–Crippen MR) is 76.6 cm³/mol. The molecular weight excluding hydrogens is 270 g/mol. The summed E-state index contributed by atoms with van der Waals surface area (Å²) >= 11 is 7.96. The van der Waals surface area contributed by atoms with Crippen LogP contribution in [0.5, 0.6) is 0 Å². The van der Waals surface area contributed by atoms with E-state index in [2.05, 4.69) is 17.2 Å². The Bertz CT molecular complexity index is 455. The lowest BCUT2D eigenvalue weighted by Gasteiger charge is -2.30. The van der Waals surface area contributed by atoms with Crippen LogP contribution in [0.1, 0.15) is 17.3 Å². The molecule has 1 aliphatic heterocycles. The van der Waals surface area contributed by atoms with Crippen LogP contribution >= 0.6 is 23.4 Å². The van der Waals surface area contributed by atoms with Crippen molar-refractivity contribution in [2.75, 3.05) is 31.2 Å². The molecule has 0 aliphatic carbocycles. The van der Waals surface area contributed by atoms with Gasteiger partial charge < -0.3 is 10.2 Å². The van der Waals surface area contributed by atoms with Crippen molar-refractivity contribution in [2.24, 2.45) is 0 Å². The number of rotatable bonds is 2. The van der Waals surface area contributed by atoms with E-state index in [1.54, 1.807) is 13.1 Å². The minimum absolute atomic E-state index is 0.00829. The number of anilines is 1. The Morgan fingerprint density at radius 2 is 2.44 bits per heavy atom. The van der Waals surface area contributed by atoms with E-state index >= 15 is 0 Å². The summed E-state index contributed by atoms with van der Waals surface area (Å²) < 4.78 is 0. The second-order valence-electron chi connectivity index (χ2n) is 4.23. The molecule has 1 aromatic heterocycles. The Hall–Kier alpha value is -0.940. The van der Waals surface area contributed by atoms with E-state index in [0.29, 0.717) is 21.7 Å². The van der Waals surface area contributed by atoms with Gasteiger partial charge in [-0.25, -0.2) is 4.98 Å². The number of hydrogen-bond donors (Lipinski definition) is 1. The number of carbonyl (C=O) groups is 1. The van der Waals surface area contributed by atoms with E-state index in [9.17, 15) is 4.79 Å². The van der Waals surface area contributed by atoms with E-state index in [1.165, 1.54) is 6.20 Å². The normalized spacial score (nSPS) is 19.7. The topological polar surface area (TPSA) is 45.2 Å². The summed E-state index contributed by atoms with van der Waals surface area (Å²) in [7, 11) is 1.77. The lowest BCUT2D eigenvalue weighted by molar-refractivity contribution is 0.0763. The van der Waals surface area contributed by atoms with Crippen LogP contribution in [-0.4, -0.2) is 46.9 Å². The SMILES string of the molecule is CNc1cc(C(=O)N2CCSC(C)C2)c(Cl)cn1. The molecule has 1 amide bonds. The average Bonchev–Trinajstić information content (AvgIpc) is 2.38. The molecule has 1 N–H and O–H groups in total. The molecule has 0 bridgehead atoms. The quantitative estimate of drug-likeness (QED) is 0.906. The zero-order valence-corrected chi connectivity index (χ0v) is 12.0. The predicted octanol–water partition coefficient (Wildman–Crippen LogP) is 2.35. The van der Waals surface area contributed by atoms with Crippen LogP contribution < -0.4 is 5.32 Å². The molecule has 1 atom stereocenters. The first-order valence-corrected chi connectivity index (χ1v) is 7.28. The monoisotopic (exact) mass is 285 g/mol. The third-order valence-electron chi connectivity index (χ3n) is 2.87. The number of pyridine rings is 1. The molecule has 0 spiro atoms. The molecule has 2 heterocycles. The zero-order chi connectivity index (χ0) is 13.1. The van der Waals surface area contributed by atoms with Gasteiger partial charge in [0, 0.05) is 37.3 Å². The molecule has 1 aliphatic rings. The van der Waals surface area contributed by atoms with Gasteiger partial charge in [-0.3, -0.25) is 4.79 Å². The minimum Gasteiger partial charge on any atom is -0.373 e. The third-order valence-corrected chi connectivity index (χ3v) is 4.31. The Labute approximate surface area is 116 Å². The Morgan fingerprint density at radius 1 is 1.67 bits per heavy atom. The first kappa shape index (κ1) is 13.5. The number of nitrogens with zero attached hydrogens (tertiary/aromatic N) is 2. The molecule has 6 heteroatoms. The number of thioether (sulfide) groups is 1. The van der Waals surface area contributed by atoms with Crippen LogP contribution in [0.2, 0.25) is 5.02 Å². The van der Waals surface area contributed by atoms with Gasteiger partial charge in [-0.1, -0.05) is 18.5 Å². The van der Waals surface area contributed by atoms with E-state index in [0.717, 1.165) is 18.8 Å². The summed E-state index contributed by atoms with van der Waals surface area (Å²) in [4.78, 5) is 18.4. The smallest absolute Gasteiger partial charge is 0.255 e. The Morgan fingerprint density at radius 3 is 3.11 bits per heavy atom. The second-order valence-corrected chi connectivity index (χ2v) is 6.19. The summed E-state index contributed by atoms with van der Waals surface area (Å²) in [6.07, 6.45) is 1.52. The summed E-state index contributed by atoms with van der Waals surface area (Å²) in [6, 6.07) is 1.71. The Balaban J connectivity index is 2.22. The lowest BCUT2D eigenvalue weighted by Crippen LogP contribution is -2.41. The molecule has 1 aromatic rings. The van der Waals surface area contributed by atoms with Crippen LogP contribution in [-0.2, 0) is 0 Å². The van der Waals surface area contributed by atoms with Crippen molar-refractivity contribution in [3.05, 3.63) is 22.8 Å². The molecule has 0 aromatic carbocycles. The van der Waals surface area contributed by atoms with Crippen LogP contribution in [0.15, 0.2) is 12.3 Å². The molecule has 4 nitrogen and oxygen atoms in total. The second kappa shape index (κ2) is 5.80. The molecule has 2 rings (SSSR count). The highest BCUT2D eigenvalue weighted by Crippen LogP contribution is 2.23. The number of aromatic nitrogens is 1. The third kappa shape index (κ3) is 2.90. The first-order chi connectivity index (χ1) is 8.61. The maximum absolute atomic E-state index is 12.4. The number of hydrogen-bond acceptors (Lipinski definition) is 4. The summed E-state index contributed by atoms with van der Waals surface area (Å²) in [6.45, 7) is 3.69. The number of amides is 1. The van der Waals surface area contributed by atoms with Crippen molar-refractivity contribution >= 4 is 35.1 Å². The molecule has 0 saturated carbocycles. The van der Waals surface area contributed by atoms with Gasteiger partial charge in [-0.15, -0.1) is 0 Å². The first-order valence-electron chi connectivity index (χ1n) is 5.86. The highest BCUT2D eigenvalue weighted by atomic mass is 35.5. The summed E-state index contributed by atoms with van der Waals surface area (Å²) in [5.41, 5.74) is 0.523. The average molecular weight is 286 g/mol.